The van der Waals surface area contributed by atoms with E-state index in [0.29, 0.717) is 0 Å². The number of rotatable bonds is 4. The van der Waals surface area contributed by atoms with Gasteiger partial charge in [0, 0.05) is 17.5 Å². The number of halogens is 1. The maximum absolute atomic E-state index is 9.43. The van der Waals surface area contributed by atoms with Crippen molar-refractivity contribution < 1.29 is 5.11 Å². The molecule has 3 heteroatoms. The number of aliphatic imine (C=N–C) groups is 1. The standard InChI is InChI=1S/C17H22ClNO/c1-3-19-11-17-12(2)4-5-13-10-14(18)6-7-15(13)16(17)8-9-20/h3,6-7,10,16,20H,4-5,8-9,11H2,1-2H3. The Labute approximate surface area is 126 Å². The molecule has 1 aliphatic rings. The quantitative estimate of drug-likeness (QED) is 0.656. The third kappa shape index (κ3) is 3.31. The van der Waals surface area contributed by atoms with E-state index in [1.165, 1.54) is 22.3 Å². The molecule has 2 rings (SSSR count). The van der Waals surface area contributed by atoms with E-state index in [4.69, 9.17) is 11.6 Å². The van der Waals surface area contributed by atoms with Crippen LogP contribution in [0, 0.1) is 0 Å². The Bertz CT molecular complexity index is 534. The molecule has 0 aliphatic heterocycles. The van der Waals surface area contributed by atoms with E-state index in [1.807, 2.05) is 19.2 Å². The number of benzene rings is 1. The number of nitrogens with zero attached hydrogens (tertiary/aromatic N) is 1. The number of allylic oxidation sites excluding steroid dienone is 1. The summed E-state index contributed by atoms with van der Waals surface area (Å²) in [5, 5.41) is 10.2. The minimum atomic E-state index is 0.194. The highest BCUT2D eigenvalue weighted by Crippen LogP contribution is 2.38. The molecule has 0 radical (unpaired) electrons. The Balaban J connectivity index is 2.46. The van der Waals surface area contributed by atoms with Crippen LogP contribution in [-0.2, 0) is 6.42 Å². The number of aryl methyl sites for hydroxylation is 1. The normalized spacial score (nSPS) is 19.3. The molecular formula is C17H22ClNO. The van der Waals surface area contributed by atoms with Crippen molar-refractivity contribution in [1.29, 1.82) is 0 Å². The second-order valence-corrected chi connectivity index (χ2v) is 5.75. The molecular weight excluding hydrogens is 270 g/mol. The first kappa shape index (κ1) is 15.3. The van der Waals surface area contributed by atoms with Crippen molar-refractivity contribution >= 4 is 17.8 Å². The molecule has 1 unspecified atom stereocenters. The van der Waals surface area contributed by atoms with Gasteiger partial charge in [0.15, 0.2) is 0 Å². The molecule has 1 atom stereocenters. The van der Waals surface area contributed by atoms with Gasteiger partial charge in [0.1, 0.15) is 0 Å². The minimum absolute atomic E-state index is 0.194. The molecule has 0 spiro atoms. The van der Waals surface area contributed by atoms with E-state index in [2.05, 4.69) is 24.0 Å². The van der Waals surface area contributed by atoms with Gasteiger partial charge in [-0.25, -0.2) is 0 Å². The fourth-order valence-corrected chi connectivity index (χ4v) is 3.19. The lowest BCUT2D eigenvalue weighted by Crippen LogP contribution is -2.10. The van der Waals surface area contributed by atoms with Crippen molar-refractivity contribution in [3.8, 4) is 0 Å². The van der Waals surface area contributed by atoms with Gasteiger partial charge < -0.3 is 5.11 Å². The molecule has 1 N–H and O–H groups in total. The molecule has 1 aromatic carbocycles. The lowest BCUT2D eigenvalue weighted by Gasteiger charge is -2.21. The van der Waals surface area contributed by atoms with Crippen LogP contribution in [-0.4, -0.2) is 24.5 Å². The van der Waals surface area contributed by atoms with Gasteiger partial charge in [0.25, 0.3) is 0 Å². The summed E-state index contributed by atoms with van der Waals surface area (Å²) in [6.45, 7) is 5.06. The van der Waals surface area contributed by atoms with Gasteiger partial charge in [-0.05, 0) is 68.2 Å². The first-order valence-electron chi connectivity index (χ1n) is 7.19. The van der Waals surface area contributed by atoms with Crippen LogP contribution < -0.4 is 0 Å². The van der Waals surface area contributed by atoms with Crippen molar-refractivity contribution in [3.05, 3.63) is 45.5 Å². The number of hydrogen-bond acceptors (Lipinski definition) is 2. The third-order valence-corrected chi connectivity index (χ3v) is 4.32. The molecule has 0 fully saturated rings. The van der Waals surface area contributed by atoms with Gasteiger partial charge in [-0.3, -0.25) is 4.99 Å². The first-order valence-corrected chi connectivity index (χ1v) is 7.57. The Morgan fingerprint density at radius 1 is 1.40 bits per heavy atom. The van der Waals surface area contributed by atoms with Crippen molar-refractivity contribution in [2.45, 2.75) is 39.0 Å². The maximum atomic E-state index is 9.43. The summed E-state index contributed by atoms with van der Waals surface area (Å²) in [6.07, 6.45) is 4.66. The summed E-state index contributed by atoms with van der Waals surface area (Å²) >= 11 is 6.12. The predicted molar refractivity (Wildman–Crippen MR) is 85.9 cm³/mol. The molecule has 108 valence electrons. The van der Waals surface area contributed by atoms with Gasteiger partial charge in [0.05, 0.1) is 6.54 Å². The summed E-state index contributed by atoms with van der Waals surface area (Å²) in [7, 11) is 0. The van der Waals surface area contributed by atoms with Crippen molar-refractivity contribution in [2.75, 3.05) is 13.2 Å². The van der Waals surface area contributed by atoms with Crippen LogP contribution in [0.3, 0.4) is 0 Å². The lowest BCUT2D eigenvalue weighted by atomic mass is 9.85. The topological polar surface area (TPSA) is 32.6 Å². The molecule has 2 nitrogen and oxygen atoms in total. The van der Waals surface area contributed by atoms with E-state index >= 15 is 0 Å². The van der Waals surface area contributed by atoms with Crippen molar-refractivity contribution in [2.24, 2.45) is 4.99 Å². The maximum Gasteiger partial charge on any atom is 0.0604 e. The summed E-state index contributed by atoms with van der Waals surface area (Å²) in [5.74, 6) is 0.262. The zero-order valence-corrected chi connectivity index (χ0v) is 13.0. The van der Waals surface area contributed by atoms with Gasteiger partial charge >= 0.3 is 0 Å². The van der Waals surface area contributed by atoms with Crippen LogP contribution in [0.1, 0.15) is 43.7 Å². The Kier molecular flexibility index (Phi) is 5.38. The van der Waals surface area contributed by atoms with Crippen LogP contribution in [0.2, 0.25) is 5.02 Å². The van der Waals surface area contributed by atoms with Crippen LogP contribution in [0.25, 0.3) is 0 Å². The number of aliphatic hydroxyl groups excluding tert-OH is 1. The first-order chi connectivity index (χ1) is 9.67. The van der Waals surface area contributed by atoms with Crippen LogP contribution in [0.5, 0.6) is 0 Å². The molecule has 0 amide bonds. The van der Waals surface area contributed by atoms with Crippen LogP contribution in [0.4, 0.5) is 0 Å². The summed E-state index contributed by atoms with van der Waals surface area (Å²) in [4.78, 5) is 4.42. The van der Waals surface area contributed by atoms with Crippen molar-refractivity contribution in [1.82, 2.24) is 0 Å². The highest BCUT2D eigenvalue weighted by Gasteiger charge is 2.24. The van der Waals surface area contributed by atoms with E-state index < -0.39 is 0 Å². The molecule has 0 aromatic heterocycles. The zero-order valence-electron chi connectivity index (χ0n) is 12.2. The number of hydrogen-bond donors (Lipinski definition) is 1. The smallest absolute Gasteiger partial charge is 0.0604 e. The molecule has 1 aromatic rings. The molecule has 0 saturated carbocycles. The summed E-state index contributed by atoms with van der Waals surface area (Å²) in [5.41, 5.74) is 5.38. The van der Waals surface area contributed by atoms with Gasteiger partial charge in [-0.15, -0.1) is 0 Å². The fraction of sp³-hybridized carbons (Fsp3) is 0.471. The van der Waals surface area contributed by atoms with Gasteiger partial charge in [0.2, 0.25) is 0 Å². The molecule has 0 bridgehead atoms. The second kappa shape index (κ2) is 7.05. The Morgan fingerprint density at radius 2 is 2.20 bits per heavy atom. The summed E-state index contributed by atoms with van der Waals surface area (Å²) in [6, 6.07) is 6.14. The monoisotopic (exact) mass is 291 g/mol. The minimum Gasteiger partial charge on any atom is -0.396 e. The highest BCUT2D eigenvalue weighted by molar-refractivity contribution is 6.30. The van der Waals surface area contributed by atoms with E-state index in [0.717, 1.165) is 30.8 Å². The second-order valence-electron chi connectivity index (χ2n) is 5.31. The summed E-state index contributed by atoms with van der Waals surface area (Å²) < 4.78 is 0. The fourth-order valence-electron chi connectivity index (χ4n) is 2.99. The van der Waals surface area contributed by atoms with E-state index in [1.54, 1.807) is 0 Å². The number of aliphatic hydroxyl groups is 1. The molecule has 0 saturated heterocycles. The molecule has 0 heterocycles. The SMILES string of the molecule is CC=NCC1=C(C)CCc2cc(Cl)ccc2C1CCO. The highest BCUT2D eigenvalue weighted by atomic mass is 35.5. The average Bonchev–Trinajstić information content (AvgIpc) is 2.56. The van der Waals surface area contributed by atoms with Crippen molar-refractivity contribution in [3.63, 3.8) is 0 Å². The van der Waals surface area contributed by atoms with Gasteiger partial charge in [-0.2, -0.15) is 0 Å². The number of fused-ring (bicyclic) bond motifs is 1. The third-order valence-electron chi connectivity index (χ3n) is 4.08. The molecule has 1 aliphatic carbocycles. The molecule has 20 heavy (non-hydrogen) atoms. The zero-order chi connectivity index (χ0) is 14.5. The average molecular weight is 292 g/mol. The van der Waals surface area contributed by atoms with E-state index in [9.17, 15) is 5.11 Å². The largest absolute Gasteiger partial charge is 0.396 e. The lowest BCUT2D eigenvalue weighted by molar-refractivity contribution is 0.280. The Hall–Kier alpha value is -1.12. The van der Waals surface area contributed by atoms with E-state index in [-0.39, 0.29) is 12.5 Å². The van der Waals surface area contributed by atoms with Crippen LogP contribution >= 0.6 is 11.6 Å². The van der Waals surface area contributed by atoms with Gasteiger partial charge in [-0.1, -0.05) is 23.2 Å². The van der Waals surface area contributed by atoms with Crippen LogP contribution in [0.15, 0.2) is 34.3 Å². The Morgan fingerprint density at radius 3 is 2.90 bits per heavy atom. The predicted octanol–water partition coefficient (Wildman–Crippen LogP) is 4.16.